The first-order chi connectivity index (χ1) is 9.13. The molecule has 1 radical (unpaired) electrons. The van der Waals surface area contributed by atoms with Crippen molar-refractivity contribution in [1.82, 2.24) is 19.5 Å². The molecule has 0 spiro atoms. The van der Waals surface area contributed by atoms with E-state index in [1.807, 2.05) is 0 Å². The van der Waals surface area contributed by atoms with Gasteiger partial charge in [-0.25, -0.2) is 15.0 Å². The molecule has 4 atom stereocenters. The Bertz CT molecular complexity index is 608. The molecule has 10 heteroatoms. The second-order valence-electron chi connectivity index (χ2n) is 4.31. The fourth-order valence-electron chi connectivity index (χ4n) is 2.17. The fraction of sp³-hybridized carbons (Fsp3) is 0.500. The molecule has 0 aliphatic carbocycles. The summed E-state index contributed by atoms with van der Waals surface area (Å²) in [6.07, 6.45) is -1.42. The summed E-state index contributed by atoms with van der Waals surface area (Å²) in [6, 6.07) is 0. The molecule has 0 aromatic carbocycles. The molecule has 0 saturated carbocycles. The number of aliphatic hydroxyl groups excluding tert-OH is 3. The van der Waals surface area contributed by atoms with Gasteiger partial charge in [-0.05, 0) is 0 Å². The van der Waals surface area contributed by atoms with E-state index in [1.54, 1.807) is 0 Å². The monoisotopic (exact) mass is 330 g/mol. The maximum absolute atomic E-state index is 9.95. The largest absolute Gasteiger partial charge is 0.394 e. The van der Waals surface area contributed by atoms with Crippen LogP contribution < -0.4 is 5.73 Å². The van der Waals surface area contributed by atoms with E-state index in [4.69, 9.17) is 15.6 Å². The van der Waals surface area contributed by atoms with Crippen molar-refractivity contribution in [2.45, 2.75) is 24.5 Å². The Balaban J connectivity index is 0.00000147. The summed E-state index contributed by atoms with van der Waals surface area (Å²) in [4.78, 5) is 11.9. The van der Waals surface area contributed by atoms with Crippen LogP contribution in [0.4, 0.5) is 5.82 Å². The molecule has 20 heavy (non-hydrogen) atoms. The Labute approximate surface area is 123 Å². The zero-order chi connectivity index (χ0) is 13.6. The second kappa shape index (κ2) is 5.60. The van der Waals surface area contributed by atoms with Gasteiger partial charge in [0.15, 0.2) is 17.7 Å². The predicted molar refractivity (Wildman–Crippen MR) is 62.7 cm³/mol. The number of imidazole rings is 1. The number of hydrogen-bond acceptors (Lipinski definition) is 8. The standard InChI is InChI=1S/C10H13N5O4.Cu/c11-8-5-9(13-2-12-8)15(3-14-5)10-7(18)6(17)4(1-16)19-10;/h2-4,6-7,10,16-18H,1H2,(H2,11,12,13);/t4-,6-,7-,10-;/m1./s1. The van der Waals surface area contributed by atoms with Gasteiger partial charge in [0.05, 0.1) is 12.9 Å². The summed E-state index contributed by atoms with van der Waals surface area (Å²) in [5.41, 5.74) is 6.44. The molecule has 1 fully saturated rings. The van der Waals surface area contributed by atoms with Crippen LogP contribution in [-0.2, 0) is 21.8 Å². The minimum Gasteiger partial charge on any atom is -0.394 e. The van der Waals surface area contributed by atoms with Gasteiger partial charge < -0.3 is 25.8 Å². The number of nitrogens with two attached hydrogens (primary N) is 1. The summed E-state index contributed by atoms with van der Waals surface area (Å²) >= 11 is 0. The number of hydrogen-bond donors (Lipinski definition) is 4. The van der Waals surface area contributed by atoms with E-state index < -0.39 is 31.1 Å². The van der Waals surface area contributed by atoms with Gasteiger partial charge >= 0.3 is 0 Å². The molecule has 3 rings (SSSR count). The number of nitrogen functional groups attached to an aromatic ring is 1. The van der Waals surface area contributed by atoms with Gasteiger partial charge in [-0.15, -0.1) is 0 Å². The fourth-order valence-corrected chi connectivity index (χ4v) is 2.17. The molecule has 0 bridgehead atoms. The van der Waals surface area contributed by atoms with E-state index in [9.17, 15) is 10.2 Å². The van der Waals surface area contributed by atoms with Crippen LogP contribution in [0.25, 0.3) is 11.2 Å². The molecule has 1 aliphatic rings. The number of aromatic nitrogens is 4. The van der Waals surface area contributed by atoms with E-state index in [2.05, 4.69) is 15.0 Å². The van der Waals surface area contributed by atoms with E-state index in [0.29, 0.717) is 11.2 Å². The van der Waals surface area contributed by atoms with Crippen LogP contribution in [0.15, 0.2) is 12.7 Å². The molecule has 3 heterocycles. The van der Waals surface area contributed by atoms with Crippen molar-refractivity contribution in [1.29, 1.82) is 0 Å². The summed E-state index contributed by atoms with van der Waals surface area (Å²) in [6.45, 7) is -0.390. The minimum absolute atomic E-state index is 0. The summed E-state index contributed by atoms with van der Waals surface area (Å²) in [5, 5.41) is 28.7. The molecule has 0 unspecified atom stereocenters. The summed E-state index contributed by atoms with van der Waals surface area (Å²) in [5.74, 6) is 0.218. The SMILES string of the molecule is Nc1ncnc2c1ncn2[C@@H]1O[C@H](CO)[C@@H](O)[C@H]1O.[Cu]. The first-order valence-electron chi connectivity index (χ1n) is 5.69. The zero-order valence-corrected chi connectivity index (χ0v) is 11.0. The van der Waals surface area contributed by atoms with Crippen molar-refractivity contribution >= 4 is 17.0 Å². The van der Waals surface area contributed by atoms with Crippen molar-refractivity contribution < 1.29 is 37.1 Å². The van der Waals surface area contributed by atoms with Crippen LogP contribution in [0.3, 0.4) is 0 Å². The van der Waals surface area contributed by atoms with E-state index in [-0.39, 0.29) is 22.9 Å². The van der Waals surface area contributed by atoms with Crippen molar-refractivity contribution in [3.63, 3.8) is 0 Å². The first-order valence-corrected chi connectivity index (χ1v) is 5.69. The Hall–Kier alpha value is -1.29. The molecule has 113 valence electrons. The van der Waals surface area contributed by atoms with Crippen LogP contribution in [0.2, 0.25) is 0 Å². The van der Waals surface area contributed by atoms with Gasteiger partial charge in [0, 0.05) is 17.1 Å². The van der Waals surface area contributed by atoms with Gasteiger partial charge in [-0.3, -0.25) is 4.57 Å². The number of fused-ring (bicyclic) bond motifs is 1. The third kappa shape index (κ3) is 2.16. The number of ether oxygens (including phenoxy) is 1. The van der Waals surface area contributed by atoms with Gasteiger partial charge in [-0.2, -0.15) is 0 Å². The van der Waals surface area contributed by atoms with E-state index in [0.717, 1.165) is 0 Å². The molecule has 2 aromatic heterocycles. The number of rotatable bonds is 2. The molecular formula is C10H13CuN5O4. The Kier molecular flexibility index (Phi) is 4.23. The first kappa shape index (κ1) is 15.1. The maximum atomic E-state index is 9.95. The van der Waals surface area contributed by atoms with Crippen LogP contribution in [0, 0.1) is 0 Å². The second-order valence-corrected chi connectivity index (χ2v) is 4.31. The third-order valence-electron chi connectivity index (χ3n) is 3.18. The topological polar surface area (TPSA) is 140 Å². The van der Waals surface area contributed by atoms with Gasteiger partial charge in [-0.1, -0.05) is 0 Å². The van der Waals surface area contributed by atoms with Gasteiger partial charge in [0.2, 0.25) is 0 Å². The number of nitrogens with zero attached hydrogens (tertiary/aromatic N) is 4. The molecular weight excluding hydrogens is 318 g/mol. The van der Waals surface area contributed by atoms with Crippen LogP contribution in [-0.4, -0.2) is 59.8 Å². The third-order valence-corrected chi connectivity index (χ3v) is 3.18. The molecule has 9 nitrogen and oxygen atoms in total. The average molecular weight is 331 g/mol. The van der Waals surface area contributed by atoms with E-state index in [1.165, 1.54) is 17.2 Å². The predicted octanol–water partition coefficient (Wildman–Crippen LogP) is -1.98. The van der Waals surface area contributed by atoms with Crippen molar-refractivity contribution in [3.8, 4) is 0 Å². The normalized spacial score (nSPS) is 29.6. The minimum atomic E-state index is -1.19. The maximum Gasteiger partial charge on any atom is 0.167 e. The quantitative estimate of drug-likeness (QED) is 0.464. The number of anilines is 1. The van der Waals surface area contributed by atoms with Crippen LogP contribution in [0.1, 0.15) is 6.23 Å². The Morgan fingerprint density at radius 1 is 1.25 bits per heavy atom. The van der Waals surface area contributed by atoms with Crippen molar-refractivity contribution in [2.75, 3.05) is 12.3 Å². The van der Waals surface area contributed by atoms with E-state index >= 15 is 0 Å². The molecule has 0 amide bonds. The average Bonchev–Trinajstić information content (AvgIpc) is 2.94. The van der Waals surface area contributed by atoms with Crippen LogP contribution >= 0.6 is 0 Å². The zero-order valence-electron chi connectivity index (χ0n) is 10.1. The smallest absolute Gasteiger partial charge is 0.167 e. The van der Waals surface area contributed by atoms with Gasteiger partial charge in [0.1, 0.15) is 30.2 Å². The summed E-state index contributed by atoms with van der Waals surface area (Å²) < 4.78 is 6.85. The Morgan fingerprint density at radius 2 is 2.00 bits per heavy atom. The Morgan fingerprint density at radius 3 is 2.65 bits per heavy atom. The molecule has 2 aromatic rings. The molecule has 1 saturated heterocycles. The van der Waals surface area contributed by atoms with Crippen LogP contribution in [0.5, 0.6) is 0 Å². The van der Waals surface area contributed by atoms with Crippen molar-refractivity contribution in [3.05, 3.63) is 12.7 Å². The molecule has 5 N–H and O–H groups in total. The van der Waals surface area contributed by atoms with Crippen molar-refractivity contribution in [2.24, 2.45) is 0 Å². The number of aliphatic hydroxyl groups is 3. The summed E-state index contributed by atoms with van der Waals surface area (Å²) in [7, 11) is 0. The molecule has 1 aliphatic heterocycles. The van der Waals surface area contributed by atoms with Gasteiger partial charge in [0.25, 0.3) is 0 Å².